The van der Waals surface area contributed by atoms with Gasteiger partial charge in [0.15, 0.2) is 5.75 Å². The molecule has 1 amide bonds. The maximum absolute atomic E-state index is 11.4. The molecule has 1 aromatic carbocycles. The zero-order chi connectivity index (χ0) is 15.2. The van der Waals surface area contributed by atoms with E-state index in [0.717, 1.165) is 5.56 Å². The molecule has 1 aromatic rings. The molecule has 0 radical (unpaired) electrons. The number of carboxylic acids is 1. The first-order chi connectivity index (χ1) is 9.32. The molecular formula is C12H16N2O5S. The molecule has 0 aliphatic rings. The van der Waals surface area contributed by atoms with Crippen LogP contribution in [0.25, 0.3) is 0 Å². The summed E-state index contributed by atoms with van der Waals surface area (Å²) in [5.41, 5.74) is 0.989. The molecule has 0 unspecified atom stereocenters. The summed E-state index contributed by atoms with van der Waals surface area (Å²) in [6.45, 7) is 2.37. The van der Waals surface area contributed by atoms with E-state index in [2.05, 4.69) is 10.0 Å². The minimum atomic E-state index is -3.91. The van der Waals surface area contributed by atoms with Crippen molar-refractivity contribution in [1.82, 2.24) is 5.32 Å². The van der Waals surface area contributed by atoms with Gasteiger partial charge in [-0.2, -0.15) is 0 Å². The second-order valence-electron chi connectivity index (χ2n) is 4.08. The average molecular weight is 300 g/mol. The highest BCUT2D eigenvalue weighted by atomic mass is 32.2. The maximum atomic E-state index is 11.4. The van der Waals surface area contributed by atoms with Crippen molar-refractivity contribution in [2.45, 2.75) is 13.3 Å². The lowest BCUT2D eigenvalue weighted by Crippen LogP contribution is -2.24. The molecule has 1 rings (SSSR count). The highest BCUT2D eigenvalue weighted by Crippen LogP contribution is 2.12. The van der Waals surface area contributed by atoms with Crippen molar-refractivity contribution in [1.29, 1.82) is 0 Å². The lowest BCUT2D eigenvalue weighted by Gasteiger charge is -2.07. The summed E-state index contributed by atoms with van der Waals surface area (Å²) < 4.78 is 25.0. The fourth-order valence-electron chi connectivity index (χ4n) is 1.51. The van der Waals surface area contributed by atoms with Gasteiger partial charge in [-0.3, -0.25) is 14.3 Å². The number of sulfonamides is 1. The van der Waals surface area contributed by atoms with Gasteiger partial charge in [-0.15, -0.1) is 0 Å². The molecule has 0 heterocycles. The van der Waals surface area contributed by atoms with Crippen LogP contribution in [0.2, 0.25) is 0 Å². The second-order valence-corrected chi connectivity index (χ2v) is 5.80. The smallest absolute Gasteiger partial charge is 0.320 e. The first-order valence-electron chi connectivity index (χ1n) is 5.90. The molecule has 20 heavy (non-hydrogen) atoms. The molecule has 0 aromatic heterocycles. The van der Waals surface area contributed by atoms with Crippen LogP contribution < -0.4 is 10.0 Å². The summed E-state index contributed by atoms with van der Waals surface area (Å²) in [6, 6.07) is 6.17. The first-order valence-corrected chi connectivity index (χ1v) is 7.55. The first kappa shape index (κ1) is 16.0. The van der Waals surface area contributed by atoms with Crippen molar-refractivity contribution in [3.8, 4) is 0 Å². The molecule has 0 aliphatic carbocycles. The highest BCUT2D eigenvalue weighted by molar-refractivity contribution is 7.93. The lowest BCUT2D eigenvalue weighted by molar-refractivity contribution is -0.134. The minimum Gasteiger partial charge on any atom is -0.480 e. The number of hydrogen-bond donors (Lipinski definition) is 3. The van der Waals surface area contributed by atoms with Crippen LogP contribution in [0.15, 0.2) is 24.3 Å². The quantitative estimate of drug-likeness (QED) is 0.665. The van der Waals surface area contributed by atoms with Crippen LogP contribution in [0.5, 0.6) is 0 Å². The Balaban J connectivity index is 2.67. The van der Waals surface area contributed by atoms with Gasteiger partial charge in [-0.05, 0) is 24.6 Å². The van der Waals surface area contributed by atoms with Gasteiger partial charge in [0.1, 0.15) is 0 Å². The molecule has 0 bridgehead atoms. The molecule has 0 saturated carbocycles. The summed E-state index contributed by atoms with van der Waals surface area (Å²) in [6.07, 6.45) is 0.204. The number of likely N-dealkylation sites (N-methyl/N-ethyl adjacent to an activating group) is 1. The SMILES string of the molecule is CCNC(=O)Cc1ccc(NS(=O)(=O)CC(=O)O)cc1. The zero-order valence-electron chi connectivity index (χ0n) is 10.9. The Kier molecular flexibility index (Phi) is 5.51. The molecular weight excluding hydrogens is 284 g/mol. The Bertz CT molecular complexity index is 580. The normalized spacial score (nSPS) is 10.8. The van der Waals surface area contributed by atoms with Gasteiger partial charge in [0.25, 0.3) is 0 Å². The van der Waals surface area contributed by atoms with Crippen LogP contribution in [0.3, 0.4) is 0 Å². The fraction of sp³-hybridized carbons (Fsp3) is 0.333. The van der Waals surface area contributed by atoms with Crippen molar-refractivity contribution >= 4 is 27.6 Å². The molecule has 3 N–H and O–H groups in total. The zero-order valence-corrected chi connectivity index (χ0v) is 11.7. The predicted octanol–water partition coefficient (Wildman–Crippen LogP) is 0.192. The molecule has 110 valence electrons. The van der Waals surface area contributed by atoms with Crippen molar-refractivity contribution in [3.63, 3.8) is 0 Å². The van der Waals surface area contributed by atoms with Crippen LogP contribution in [-0.4, -0.2) is 37.7 Å². The Hall–Kier alpha value is -2.09. The van der Waals surface area contributed by atoms with E-state index >= 15 is 0 Å². The number of anilines is 1. The summed E-state index contributed by atoms with van der Waals surface area (Å²) in [5.74, 6) is -2.54. The molecule has 8 heteroatoms. The van der Waals surface area contributed by atoms with E-state index in [1.165, 1.54) is 12.1 Å². The summed E-state index contributed by atoms with van der Waals surface area (Å²) in [5, 5.41) is 11.1. The van der Waals surface area contributed by atoms with Crippen molar-refractivity contribution in [2.24, 2.45) is 0 Å². The van der Waals surface area contributed by atoms with Crippen LogP contribution in [0.4, 0.5) is 5.69 Å². The number of hydrogen-bond acceptors (Lipinski definition) is 4. The Labute approximate surface area is 117 Å². The van der Waals surface area contributed by atoms with Crippen molar-refractivity contribution < 1.29 is 23.1 Å². The number of rotatable bonds is 7. The van der Waals surface area contributed by atoms with E-state index in [-0.39, 0.29) is 18.0 Å². The molecule has 0 atom stereocenters. The van der Waals surface area contributed by atoms with Crippen molar-refractivity contribution in [2.75, 3.05) is 17.0 Å². The van der Waals surface area contributed by atoms with E-state index in [1.54, 1.807) is 12.1 Å². The summed E-state index contributed by atoms with van der Waals surface area (Å²) in [4.78, 5) is 21.7. The van der Waals surface area contributed by atoms with Gasteiger partial charge in [-0.25, -0.2) is 8.42 Å². The maximum Gasteiger partial charge on any atom is 0.320 e. The number of carbonyl (C=O) groups is 2. The topological polar surface area (TPSA) is 113 Å². The van der Waals surface area contributed by atoms with Gasteiger partial charge >= 0.3 is 5.97 Å². The highest BCUT2D eigenvalue weighted by Gasteiger charge is 2.15. The average Bonchev–Trinajstić information content (AvgIpc) is 2.29. The number of nitrogens with one attached hydrogen (secondary N) is 2. The molecule has 0 fully saturated rings. The number of amides is 1. The number of carbonyl (C=O) groups excluding carboxylic acids is 1. The van der Waals surface area contributed by atoms with Gasteiger partial charge in [0.05, 0.1) is 6.42 Å². The third kappa shape index (κ3) is 5.70. The van der Waals surface area contributed by atoms with E-state index in [0.29, 0.717) is 6.54 Å². The molecule has 7 nitrogen and oxygen atoms in total. The number of benzene rings is 1. The van der Waals surface area contributed by atoms with Gasteiger partial charge in [0.2, 0.25) is 15.9 Å². The van der Waals surface area contributed by atoms with Crippen LogP contribution in [0.1, 0.15) is 12.5 Å². The number of carboxylic acid groups (broad SMARTS) is 1. The lowest BCUT2D eigenvalue weighted by atomic mass is 10.1. The largest absolute Gasteiger partial charge is 0.480 e. The van der Waals surface area contributed by atoms with Gasteiger partial charge < -0.3 is 10.4 Å². The van der Waals surface area contributed by atoms with E-state index in [4.69, 9.17) is 5.11 Å². The Morgan fingerprint density at radius 3 is 2.30 bits per heavy atom. The predicted molar refractivity (Wildman–Crippen MR) is 73.9 cm³/mol. The molecule has 0 saturated heterocycles. The van der Waals surface area contributed by atoms with E-state index in [9.17, 15) is 18.0 Å². The monoisotopic (exact) mass is 300 g/mol. The van der Waals surface area contributed by atoms with Crippen LogP contribution in [0, 0.1) is 0 Å². The third-order valence-electron chi connectivity index (χ3n) is 2.28. The van der Waals surface area contributed by atoms with E-state index < -0.39 is 21.7 Å². The second kappa shape index (κ2) is 6.90. The Morgan fingerprint density at radius 1 is 1.20 bits per heavy atom. The minimum absolute atomic E-state index is 0.119. The standard InChI is InChI=1S/C12H16N2O5S/c1-2-13-11(15)7-9-3-5-10(6-4-9)14-20(18,19)8-12(16)17/h3-6,14H,2,7-8H2,1H3,(H,13,15)(H,16,17). The Morgan fingerprint density at radius 2 is 1.80 bits per heavy atom. The van der Waals surface area contributed by atoms with Crippen molar-refractivity contribution in [3.05, 3.63) is 29.8 Å². The van der Waals surface area contributed by atoms with E-state index in [1.807, 2.05) is 6.92 Å². The van der Waals surface area contributed by atoms with Crippen LogP contribution in [-0.2, 0) is 26.0 Å². The van der Waals surface area contributed by atoms with Gasteiger partial charge in [0, 0.05) is 12.2 Å². The number of aliphatic carboxylic acids is 1. The van der Waals surface area contributed by atoms with Crippen LogP contribution >= 0.6 is 0 Å². The molecule has 0 aliphatic heterocycles. The van der Waals surface area contributed by atoms with Gasteiger partial charge in [-0.1, -0.05) is 12.1 Å². The fourth-order valence-corrected chi connectivity index (χ4v) is 2.41. The molecule has 0 spiro atoms. The summed E-state index contributed by atoms with van der Waals surface area (Å²) >= 11 is 0. The summed E-state index contributed by atoms with van der Waals surface area (Å²) in [7, 11) is -3.91. The third-order valence-corrected chi connectivity index (χ3v) is 3.45.